The molecule has 2 N–H and O–H groups in total. The maximum absolute atomic E-state index is 12.7. The van der Waals surface area contributed by atoms with Crippen molar-refractivity contribution in [1.29, 1.82) is 5.26 Å². The van der Waals surface area contributed by atoms with Crippen LogP contribution in [0, 0.1) is 21.8 Å². The molecular formula is C21H16IN3O3. The van der Waals surface area contributed by atoms with E-state index in [0.717, 1.165) is 13.7 Å². The number of nitriles is 1. The molecule has 0 radical (unpaired) electrons. The molecule has 1 aromatic heterocycles. The summed E-state index contributed by atoms with van der Waals surface area (Å²) in [4.78, 5) is 16.9. The Morgan fingerprint density at radius 3 is 2.61 bits per heavy atom. The van der Waals surface area contributed by atoms with Crippen LogP contribution in [0.4, 0.5) is 5.69 Å². The van der Waals surface area contributed by atoms with E-state index in [-0.39, 0.29) is 29.3 Å². The van der Waals surface area contributed by atoms with E-state index in [1.807, 2.05) is 36.4 Å². The van der Waals surface area contributed by atoms with Crippen molar-refractivity contribution in [2.45, 2.75) is 13.5 Å². The molecule has 0 saturated carbocycles. The standard InChI is InChI=1S/C21H16IN3O3/c1-13-16(10-23)20(27)25(12-14-5-3-2-4-6-14)21(28)17(13)11-24-18-9-15(22)7-8-19(18)26/h2-9,11,26,28H,12H2,1H3. The number of aromatic hydroxyl groups is 2. The highest BCUT2D eigenvalue weighted by Crippen LogP contribution is 2.29. The highest BCUT2D eigenvalue weighted by atomic mass is 127. The van der Waals surface area contributed by atoms with Crippen molar-refractivity contribution in [2.75, 3.05) is 0 Å². The summed E-state index contributed by atoms with van der Waals surface area (Å²) in [5.41, 5.74) is 1.11. The van der Waals surface area contributed by atoms with Gasteiger partial charge >= 0.3 is 0 Å². The summed E-state index contributed by atoms with van der Waals surface area (Å²) >= 11 is 2.10. The number of hydrogen-bond donors (Lipinski definition) is 2. The van der Waals surface area contributed by atoms with Crippen molar-refractivity contribution in [1.82, 2.24) is 4.57 Å². The molecular weight excluding hydrogens is 469 g/mol. The lowest BCUT2D eigenvalue weighted by Gasteiger charge is -2.14. The number of benzene rings is 2. The van der Waals surface area contributed by atoms with E-state index in [1.165, 1.54) is 12.3 Å². The van der Waals surface area contributed by atoms with Gasteiger partial charge in [0.05, 0.1) is 12.1 Å². The molecule has 0 aliphatic rings. The van der Waals surface area contributed by atoms with Crippen LogP contribution in [0.15, 0.2) is 58.3 Å². The fourth-order valence-corrected chi connectivity index (χ4v) is 3.25. The molecule has 0 atom stereocenters. The monoisotopic (exact) mass is 485 g/mol. The lowest BCUT2D eigenvalue weighted by atomic mass is 10.1. The number of aromatic nitrogens is 1. The molecule has 0 fully saturated rings. The van der Waals surface area contributed by atoms with Gasteiger partial charge in [-0.15, -0.1) is 0 Å². The average molecular weight is 485 g/mol. The first-order valence-electron chi connectivity index (χ1n) is 8.35. The Labute approximate surface area is 175 Å². The second-order valence-corrected chi connectivity index (χ2v) is 7.36. The fraction of sp³-hybridized carbons (Fsp3) is 0.0952. The largest absolute Gasteiger partial charge is 0.506 e. The molecule has 0 amide bonds. The summed E-state index contributed by atoms with van der Waals surface area (Å²) in [7, 11) is 0. The lowest BCUT2D eigenvalue weighted by Crippen LogP contribution is -2.25. The first-order valence-corrected chi connectivity index (χ1v) is 9.43. The molecule has 1 heterocycles. The molecule has 140 valence electrons. The van der Waals surface area contributed by atoms with Gasteiger partial charge in [-0.2, -0.15) is 5.26 Å². The molecule has 2 aromatic carbocycles. The molecule has 0 aliphatic carbocycles. The number of aliphatic imine (C=N–C) groups is 1. The van der Waals surface area contributed by atoms with Gasteiger partial charge in [-0.3, -0.25) is 14.4 Å². The number of hydrogen-bond acceptors (Lipinski definition) is 5. The van der Waals surface area contributed by atoms with Gasteiger partial charge in [0.15, 0.2) is 0 Å². The predicted molar refractivity (Wildman–Crippen MR) is 115 cm³/mol. The van der Waals surface area contributed by atoms with E-state index in [9.17, 15) is 20.3 Å². The summed E-state index contributed by atoms with van der Waals surface area (Å²) < 4.78 is 2.03. The fourth-order valence-electron chi connectivity index (χ4n) is 2.77. The highest BCUT2D eigenvalue weighted by Gasteiger charge is 2.18. The minimum Gasteiger partial charge on any atom is -0.506 e. The topological polar surface area (TPSA) is 98.6 Å². The predicted octanol–water partition coefficient (Wildman–Crippen LogP) is 3.84. The lowest BCUT2D eigenvalue weighted by molar-refractivity contribution is 0.413. The van der Waals surface area contributed by atoms with E-state index in [1.54, 1.807) is 19.1 Å². The van der Waals surface area contributed by atoms with Crippen LogP contribution in [0.2, 0.25) is 0 Å². The smallest absolute Gasteiger partial charge is 0.271 e. The third kappa shape index (κ3) is 3.92. The molecule has 6 nitrogen and oxygen atoms in total. The number of phenolic OH excluding ortho intramolecular Hbond substituents is 1. The molecule has 7 heteroatoms. The zero-order chi connectivity index (χ0) is 20.3. The molecule has 28 heavy (non-hydrogen) atoms. The molecule has 0 saturated heterocycles. The van der Waals surface area contributed by atoms with Crippen LogP contribution < -0.4 is 5.56 Å². The third-order valence-corrected chi connectivity index (χ3v) is 4.97. The SMILES string of the molecule is Cc1c(C=Nc2cc(I)ccc2O)c(O)n(Cc2ccccc2)c(=O)c1C#N. The maximum atomic E-state index is 12.7. The van der Waals surface area contributed by atoms with Gasteiger partial charge in [0.25, 0.3) is 5.56 Å². The first-order chi connectivity index (χ1) is 13.4. The van der Waals surface area contributed by atoms with Crippen LogP contribution in [0.5, 0.6) is 11.6 Å². The number of rotatable bonds is 4. The van der Waals surface area contributed by atoms with Gasteiger partial charge < -0.3 is 10.2 Å². The third-order valence-electron chi connectivity index (χ3n) is 4.30. The van der Waals surface area contributed by atoms with Crippen LogP contribution in [0.1, 0.15) is 22.3 Å². The summed E-state index contributed by atoms with van der Waals surface area (Å²) in [6.07, 6.45) is 1.36. The van der Waals surface area contributed by atoms with Crippen molar-refractivity contribution >= 4 is 34.5 Å². The Bertz CT molecular complexity index is 1160. The number of halogens is 1. The summed E-state index contributed by atoms with van der Waals surface area (Å²) in [6, 6.07) is 16.0. The van der Waals surface area contributed by atoms with E-state index in [0.29, 0.717) is 11.3 Å². The van der Waals surface area contributed by atoms with E-state index in [2.05, 4.69) is 27.6 Å². The van der Waals surface area contributed by atoms with Gasteiger partial charge in [-0.1, -0.05) is 30.3 Å². The van der Waals surface area contributed by atoms with Crippen molar-refractivity contribution in [2.24, 2.45) is 4.99 Å². The van der Waals surface area contributed by atoms with Gasteiger partial charge in [-0.25, -0.2) is 0 Å². The van der Waals surface area contributed by atoms with Crippen LogP contribution in [0.3, 0.4) is 0 Å². The zero-order valence-electron chi connectivity index (χ0n) is 14.9. The Hall–Kier alpha value is -3.12. The number of pyridine rings is 1. The summed E-state index contributed by atoms with van der Waals surface area (Å²) in [5, 5.41) is 30.1. The van der Waals surface area contributed by atoms with Crippen LogP contribution >= 0.6 is 22.6 Å². The number of nitrogens with zero attached hydrogens (tertiary/aromatic N) is 3. The molecule has 0 spiro atoms. The van der Waals surface area contributed by atoms with E-state index < -0.39 is 5.56 Å². The van der Waals surface area contributed by atoms with Gasteiger partial charge in [0, 0.05) is 9.78 Å². The van der Waals surface area contributed by atoms with Crippen molar-refractivity contribution in [3.05, 3.63) is 84.7 Å². The Morgan fingerprint density at radius 1 is 1.21 bits per heavy atom. The molecule has 3 aromatic rings. The molecule has 0 aliphatic heterocycles. The van der Waals surface area contributed by atoms with Crippen LogP contribution in [-0.4, -0.2) is 21.0 Å². The minimum absolute atomic E-state index is 0.00748. The van der Waals surface area contributed by atoms with Gasteiger partial charge in [0.1, 0.15) is 23.1 Å². The van der Waals surface area contributed by atoms with Gasteiger partial charge in [0.2, 0.25) is 5.88 Å². The zero-order valence-corrected chi connectivity index (χ0v) is 17.1. The second-order valence-electron chi connectivity index (χ2n) is 6.12. The summed E-state index contributed by atoms with van der Waals surface area (Å²) in [6.45, 7) is 1.71. The van der Waals surface area contributed by atoms with Gasteiger partial charge in [-0.05, 0) is 58.8 Å². The van der Waals surface area contributed by atoms with Crippen molar-refractivity contribution < 1.29 is 10.2 Å². The van der Waals surface area contributed by atoms with Crippen molar-refractivity contribution in [3.8, 4) is 17.7 Å². The Kier molecular flexibility index (Phi) is 5.80. The maximum Gasteiger partial charge on any atom is 0.271 e. The Morgan fingerprint density at radius 2 is 1.93 bits per heavy atom. The average Bonchev–Trinajstić information content (AvgIpc) is 2.69. The second kappa shape index (κ2) is 8.27. The molecule has 0 bridgehead atoms. The first kappa shape index (κ1) is 19.6. The highest BCUT2D eigenvalue weighted by molar-refractivity contribution is 14.1. The summed E-state index contributed by atoms with van der Waals surface area (Å²) in [5.74, 6) is -0.286. The van der Waals surface area contributed by atoms with E-state index >= 15 is 0 Å². The normalized spacial score (nSPS) is 10.9. The Balaban J connectivity index is 2.14. The molecule has 0 unspecified atom stereocenters. The quantitative estimate of drug-likeness (QED) is 0.434. The molecule has 3 rings (SSSR count). The minimum atomic E-state index is -0.560. The van der Waals surface area contributed by atoms with E-state index in [4.69, 9.17) is 0 Å². The number of phenols is 1. The van der Waals surface area contributed by atoms with Crippen LogP contribution in [-0.2, 0) is 6.54 Å². The van der Waals surface area contributed by atoms with Crippen LogP contribution in [0.25, 0.3) is 0 Å². The van der Waals surface area contributed by atoms with Crippen molar-refractivity contribution in [3.63, 3.8) is 0 Å².